The van der Waals surface area contributed by atoms with Gasteiger partial charge >= 0.3 is 0 Å². The highest BCUT2D eigenvalue weighted by Gasteiger charge is 2.34. The molecule has 1 aromatic rings. The van der Waals surface area contributed by atoms with E-state index in [1.54, 1.807) is 17.8 Å². The van der Waals surface area contributed by atoms with Crippen LogP contribution in [0.2, 0.25) is 0 Å². The molecule has 0 aliphatic heterocycles. The molecule has 1 rings (SSSR count). The van der Waals surface area contributed by atoms with Crippen LogP contribution in [-0.2, 0) is 6.54 Å². The SMILES string of the molecule is CCn1cc([C@H](O)C(Cl)(Cl)Cl)c(C)n1. The molecule has 3 nitrogen and oxygen atoms in total. The van der Waals surface area contributed by atoms with Crippen molar-refractivity contribution in [3.63, 3.8) is 0 Å². The van der Waals surface area contributed by atoms with Crippen LogP contribution >= 0.6 is 34.8 Å². The number of aromatic nitrogens is 2. The second-order valence-electron chi connectivity index (χ2n) is 2.97. The largest absolute Gasteiger partial charge is 0.384 e. The molecule has 0 fully saturated rings. The Kier molecular flexibility index (Phi) is 3.69. The maximum absolute atomic E-state index is 9.70. The number of aliphatic hydroxyl groups excluding tert-OH is 1. The zero-order valence-electron chi connectivity index (χ0n) is 7.84. The molecule has 80 valence electrons. The first-order valence-electron chi connectivity index (χ1n) is 4.15. The van der Waals surface area contributed by atoms with Gasteiger partial charge in [-0.25, -0.2) is 0 Å². The second kappa shape index (κ2) is 4.27. The van der Waals surface area contributed by atoms with E-state index in [1.807, 2.05) is 6.92 Å². The van der Waals surface area contributed by atoms with Crippen molar-refractivity contribution in [3.8, 4) is 0 Å². The number of halogens is 3. The number of aryl methyl sites for hydroxylation is 2. The minimum Gasteiger partial charge on any atom is -0.384 e. The van der Waals surface area contributed by atoms with Gasteiger partial charge in [0.1, 0.15) is 6.10 Å². The van der Waals surface area contributed by atoms with E-state index in [0.717, 1.165) is 0 Å². The minimum absolute atomic E-state index is 0.548. The number of alkyl halides is 3. The third-order valence-electron chi connectivity index (χ3n) is 1.91. The van der Waals surface area contributed by atoms with Gasteiger partial charge in [0.15, 0.2) is 0 Å². The first-order valence-corrected chi connectivity index (χ1v) is 5.28. The van der Waals surface area contributed by atoms with Crippen LogP contribution in [0.15, 0.2) is 6.20 Å². The van der Waals surface area contributed by atoms with Gasteiger partial charge < -0.3 is 5.11 Å². The van der Waals surface area contributed by atoms with E-state index in [4.69, 9.17) is 34.8 Å². The fraction of sp³-hybridized carbons (Fsp3) is 0.625. The van der Waals surface area contributed by atoms with E-state index < -0.39 is 9.90 Å². The van der Waals surface area contributed by atoms with Gasteiger partial charge in [0, 0.05) is 18.3 Å². The topological polar surface area (TPSA) is 38.0 Å². The summed E-state index contributed by atoms with van der Waals surface area (Å²) in [4.78, 5) is 0. The average Bonchev–Trinajstić information content (AvgIpc) is 2.43. The standard InChI is InChI=1S/C8H11Cl3N2O/c1-3-13-4-6(5(2)12-13)7(14)8(9,10)11/h4,7,14H,3H2,1-2H3/t7-/m0/s1. The molecular formula is C8H11Cl3N2O. The van der Waals surface area contributed by atoms with Crippen LogP contribution in [-0.4, -0.2) is 18.7 Å². The van der Waals surface area contributed by atoms with Gasteiger partial charge in [-0.2, -0.15) is 5.10 Å². The summed E-state index contributed by atoms with van der Waals surface area (Å²) >= 11 is 16.8. The number of nitrogens with zero attached hydrogens (tertiary/aromatic N) is 2. The molecule has 1 atom stereocenters. The Labute approximate surface area is 97.6 Å². The fourth-order valence-electron chi connectivity index (χ4n) is 1.14. The van der Waals surface area contributed by atoms with Gasteiger partial charge in [0.2, 0.25) is 3.79 Å². The van der Waals surface area contributed by atoms with E-state index in [0.29, 0.717) is 17.8 Å². The normalized spacial score (nSPS) is 14.4. The van der Waals surface area contributed by atoms with Crippen LogP contribution in [0.5, 0.6) is 0 Å². The van der Waals surface area contributed by atoms with E-state index >= 15 is 0 Å². The molecule has 14 heavy (non-hydrogen) atoms. The zero-order chi connectivity index (χ0) is 10.9. The molecule has 6 heteroatoms. The summed E-state index contributed by atoms with van der Waals surface area (Å²) < 4.78 is -0.0311. The second-order valence-corrected chi connectivity index (χ2v) is 5.34. The van der Waals surface area contributed by atoms with Crippen LogP contribution in [0.4, 0.5) is 0 Å². The maximum Gasteiger partial charge on any atom is 0.220 e. The molecular weight excluding hydrogens is 246 g/mol. The van der Waals surface area contributed by atoms with Crippen molar-refractivity contribution in [1.29, 1.82) is 0 Å². The fourth-order valence-corrected chi connectivity index (χ4v) is 1.49. The van der Waals surface area contributed by atoms with Gasteiger partial charge in [-0.15, -0.1) is 0 Å². The first-order chi connectivity index (χ1) is 6.36. The first kappa shape index (κ1) is 12.1. The van der Waals surface area contributed by atoms with E-state index in [2.05, 4.69) is 5.10 Å². The molecule has 0 spiro atoms. The molecule has 1 N–H and O–H groups in total. The lowest BCUT2D eigenvalue weighted by atomic mass is 10.2. The summed E-state index contributed by atoms with van der Waals surface area (Å²) in [6.45, 7) is 4.42. The Hall–Kier alpha value is 0.0400. The van der Waals surface area contributed by atoms with E-state index in [-0.39, 0.29) is 0 Å². The van der Waals surface area contributed by atoms with Crippen molar-refractivity contribution >= 4 is 34.8 Å². The summed E-state index contributed by atoms with van der Waals surface area (Å²) in [5.41, 5.74) is 1.22. The Morgan fingerprint density at radius 1 is 1.57 bits per heavy atom. The van der Waals surface area contributed by atoms with Crippen molar-refractivity contribution in [2.45, 2.75) is 30.3 Å². The predicted molar refractivity (Wildman–Crippen MR) is 57.9 cm³/mol. The summed E-state index contributed by atoms with van der Waals surface area (Å²) in [6, 6.07) is 0. The summed E-state index contributed by atoms with van der Waals surface area (Å²) in [6.07, 6.45) is 0.537. The highest BCUT2D eigenvalue weighted by Crippen LogP contribution is 2.40. The number of aliphatic hydroxyl groups is 1. The monoisotopic (exact) mass is 256 g/mol. The summed E-state index contributed by atoms with van der Waals surface area (Å²) in [5.74, 6) is 0. The lowest BCUT2D eigenvalue weighted by molar-refractivity contribution is 0.181. The van der Waals surface area contributed by atoms with Crippen LogP contribution in [0.1, 0.15) is 24.3 Å². The van der Waals surface area contributed by atoms with Crippen LogP contribution in [0.25, 0.3) is 0 Å². The average molecular weight is 258 g/mol. The quantitative estimate of drug-likeness (QED) is 0.827. The Morgan fingerprint density at radius 3 is 2.50 bits per heavy atom. The molecule has 1 aromatic heterocycles. The Balaban J connectivity index is 3.01. The van der Waals surface area contributed by atoms with E-state index in [9.17, 15) is 5.11 Å². The molecule has 0 saturated heterocycles. The van der Waals surface area contributed by atoms with Gasteiger partial charge in [0.05, 0.1) is 5.69 Å². The lowest BCUT2D eigenvalue weighted by Gasteiger charge is -2.17. The summed E-state index contributed by atoms with van der Waals surface area (Å²) in [7, 11) is 0. The van der Waals surface area contributed by atoms with Crippen LogP contribution in [0.3, 0.4) is 0 Å². The molecule has 0 aliphatic carbocycles. The maximum atomic E-state index is 9.70. The highest BCUT2D eigenvalue weighted by molar-refractivity contribution is 6.68. The van der Waals surface area contributed by atoms with Crippen molar-refractivity contribution in [1.82, 2.24) is 9.78 Å². The highest BCUT2D eigenvalue weighted by atomic mass is 35.6. The van der Waals surface area contributed by atoms with Gasteiger partial charge in [0.25, 0.3) is 0 Å². The van der Waals surface area contributed by atoms with Gasteiger partial charge in [-0.1, -0.05) is 34.8 Å². The van der Waals surface area contributed by atoms with Crippen LogP contribution in [0, 0.1) is 6.92 Å². The molecule has 0 amide bonds. The number of rotatable bonds is 2. The molecule has 0 bridgehead atoms. The molecule has 0 aromatic carbocycles. The lowest BCUT2D eigenvalue weighted by Crippen LogP contribution is -2.16. The predicted octanol–water partition coefficient (Wildman–Crippen LogP) is 2.62. The molecule has 0 radical (unpaired) electrons. The van der Waals surface area contributed by atoms with E-state index in [1.165, 1.54) is 0 Å². The Bertz CT molecular complexity index is 319. The Morgan fingerprint density at radius 2 is 2.14 bits per heavy atom. The zero-order valence-corrected chi connectivity index (χ0v) is 10.1. The number of hydrogen-bond acceptors (Lipinski definition) is 2. The molecule has 1 heterocycles. The van der Waals surface area contributed by atoms with Crippen molar-refractivity contribution in [2.24, 2.45) is 0 Å². The molecule has 0 aliphatic rings. The van der Waals surface area contributed by atoms with Crippen molar-refractivity contribution in [3.05, 3.63) is 17.5 Å². The third-order valence-corrected chi connectivity index (χ3v) is 2.53. The third kappa shape index (κ3) is 2.54. The van der Waals surface area contributed by atoms with Gasteiger partial charge in [-0.3, -0.25) is 4.68 Å². The van der Waals surface area contributed by atoms with Crippen LogP contribution < -0.4 is 0 Å². The summed E-state index contributed by atoms with van der Waals surface area (Å²) in [5, 5.41) is 13.8. The van der Waals surface area contributed by atoms with Crippen molar-refractivity contribution < 1.29 is 5.11 Å². The minimum atomic E-state index is -1.72. The van der Waals surface area contributed by atoms with Crippen molar-refractivity contribution in [2.75, 3.05) is 0 Å². The molecule has 0 unspecified atom stereocenters. The number of hydrogen-bond donors (Lipinski definition) is 1. The van der Waals surface area contributed by atoms with Gasteiger partial charge in [-0.05, 0) is 13.8 Å². The molecule has 0 saturated carbocycles. The smallest absolute Gasteiger partial charge is 0.220 e.